The molecule has 0 aliphatic rings. The molecule has 0 unspecified atom stereocenters. The number of carbonyl (C=O) groups excluding carboxylic acids is 1. The molecule has 0 saturated carbocycles. The van der Waals surface area contributed by atoms with E-state index in [1.54, 1.807) is 31.2 Å². The molecule has 1 aromatic rings. The molecule has 0 bridgehead atoms. The summed E-state index contributed by atoms with van der Waals surface area (Å²) in [5, 5.41) is 0. The quantitative estimate of drug-likeness (QED) is 0.806. The Morgan fingerprint density at radius 3 is 2.21 bits per heavy atom. The minimum Gasteiger partial charge on any atom is -0.274 e. The molecule has 0 saturated heterocycles. The van der Waals surface area contributed by atoms with Gasteiger partial charge in [-0.3, -0.25) is 4.79 Å². The van der Waals surface area contributed by atoms with Gasteiger partial charge in [0.05, 0.1) is 4.90 Å². The van der Waals surface area contributed by atoms with Crippen LogP contribution >= 0.6 is 0 Å². The van der Waals surface area contributed by atoms with Crippen molar-refractivity contribution in [2.45, 2.75) is 44.9 Å². The molecule has 0 aliphatic heterocycles. The average molecular weight is 283 g/mol. The topological polar surface area (TPSA) is 54.5 Å². The first-order valence-electron chi connectivity index (χ1n) is 6.55. The lowest BCUT2D eigenvalue weighted by atomic mass is 10.2. The van der Waals surface area contributed by atoms with Crippen LogP contribution in [0.2, 0.25) is 0 Å². The summed E-state index contributed by atoms with van der Waals surface area (Å²) in [6, 6.07) is 6.57. The maximum Gasteiger partial charge on any atom is 0.266 e. The SMILES string of the molecule is CCCCN(C(=O)CC)S(=O)(=O)c1ccc(C)cc1. The minimum atomic E-state index is -3.72. The van der Waals surface area contributed by atoms with Crippen LogP contribution in [0, 0.1) is 6.92 Å². The molecule has 1 amide bonds. The van der Waals surface area contributed by atoms with Crippen molar-refractivity contribution in [3.8, 4) is 0 Å². The largest absolute Gasteiger partial charge is 0.274 e. The maximum atomic E-state index is 12.5. The van der Waals surface area contributed by atoms with Crippen LogP contribution in [0.25, 0.3) is 0 Å². The molecule has 0 spiro atoms. The van der Waals surface area contributed by atoms with Gasteiger partial charge in [0, 0.05) is 13.0 Å². The van der Waals surface area contributed by atoms with Crippen LogP contribution < -0.4 is 0 Å². The van der Waals surface area contributed by atoms with Crippen molar-refractivity contribution >= 4 is 15.9 Å². The van der Waals surface area contributed by atoms with Gasteiger partial charge in [-0.05, 0) is 25.5 Å². The Morgan fingerprint density at radius 2 is 1.74 bits per heavy atom. The summed E-state index contributed by atoms with van der Waals surface area (Å²) in [5.74, 6) is -0.353. The lowest BCUT2D eigenvalue weighted by molar-refractivity contribution is -0.126. The second-order valence-corrected chi connectivity index (χ2v) is 6.35. The zero-order valence-electron chi connectivity index (χ0n) is 11.7. The highest BCUT2D eigenvalue weighted by Gasteiger charge is 2.27. The highest BCUT2D eigenvalue weighted by molar-refractivity contribution is 7.89. The number of hydrogen-bond donors (Lipinski definition) is 0. The van der Waals surface area contributed by atoms with E-state index in [0.717, 1.165) is 16.3 Å². The van der Waals surface area contributed by atoms with Gasteiger partial charge in [-0.1, -0.05) is 38.0 Å². The van der Waals surface area contributed by atoms with E-state index in [1.165, 1.54) is 0 Å². The number of benzene rings is 1. The monoisotopic (exact) mass is 283 g/mol. The number of hydrogen-bond acceptors (Lipinski definition) is 3. The summed E-state index contributed by atoms with van der Waals surface area (Å²) in [6.45, 7) is 5.78. The summed E-state index contributed by atoms with van der Waals surface area (Å²) in [7, 11) is -3.72. The Morgan fingerprint density at radius 1 is 1.16 bits per heavy atom. The second kappa shape index (κ2) is 6.70. The third kappa shape index (κ3) is 3.80. The van der Waals surface area contributed by atoms with Crippen LogP contribution in [-0.2, 0) is 14.8 Å². The Bertz CT molecular complexity index is 520. The van der Waals surface area contributed by atoms with E-state index >= 15 is 0 Å². The standard InChI is InChI=1S/C14H21NO3S/c1-4-6-11-15(14(16)5-2)19(17,18)13-9-7-12(3)8-10-13/h7-10H,4-6,11H2,1-3H3. The third-order valence-corrected chi connectivity index (χ3v) is 4.74. The molecule has 0 radical (unpaired) electrons. The molecule has 5 heteroatoms. The summed E-state index contributed by atoms with van der Waals surface area (Å²) < 4.78 is 25.9. The molecule has 1 aromatic carbocycles. The molecule has 0 fully saturated rings. The van der Waals surface area contributed by atoms with Gasteiger partial charge < -0.3 is 0 Å². The van der Waals surface area contributed by atoms with Crippen LogP contribution in [0.3, 0.4) is 0 Å². The van der Waals surface area contributed by atoms with Crippen LogP contribution in [0.15, 0.2) is 29.2 Å². The van der Waals surface area contributed by atoms with Gasteiger partial charge in [-0.15, -0.1) is 0 Å². The molecule has 1 rings (SSSR count). The van der Waals surface area contributed by atoms with E-state index < -0.39 is 10.0 Å². The zero-order valence-corrected chi connectivity index (χ0v) is 12.5. The number of nitrogens with zero attached hydrogens (tertiary/aromatic N) is 1. The van der Waals surface area contributed by atoms with Gasteiger partial charge >= 0.3 is 0 Å². The zero-order chi connectivity index (χ0) is 14.5. The molecular weight excluding hydrogens is 262 g/mol. The summed E-state index contributed by atoms with van der Waals surface area (Å²) in [5.41, 5.74) is 0.987. The first-order valence-corrected chi connectivity index (χ1v) is 7.99. The summed E-state index contributed by atoms with van der Waals surface area (Å²) in [6.07, 6.45) is 1.71. The predicted octanol–water partition coefficient (Wildman–Crippen LogP) is 2.72. The van der Waals surface area contributed by atoms with E-state index in [4.69, 9.17) is 0 Å². The lowest BCUT2D eigenvalue weighted by Gasteiger charge is -2.22. The lowest BCUT2D eigenvalue weighted by Crippen LogP contribution is -2.37. The molecule has 0 N–H and O–H groups in total. The van der Waals surface area contributed by atoms with Crippen LogP contribution in [0.4, 0.5) is 0 Å². The van der Waals surface area contributed by atoms with Crippen molar-refractivity contribution < 1.29 is 13.2 Å². The Hall–Kier alpha value is -1.36. The van der Waals surface area contributed by atoms with Gasteiger partial charge in [0.1, 0.15) is 0 Å². The van der Waals surface area contributed by atoms with Gasteiger partial charge in [0.25, 0.3) is 10.0 Å². The average Bonchev–Trinajstić information content (AvgIpc) is 2.39. The van der Waals surface area contributed by atoms with E-state index in [9.17, 15) is 13.2 Å². The number of carbonyl (C=O) groups is 1. The van der Waals surface area contributed by atoms with Crippen molar-refractivity contribution in [2.24, 2.45) is 0 Å². The fourth-order valence-electron chi connectivity index (χ4n) is 1.69. The van der Waals surface area contributed by atoms with Gasteiger partial charge in [-0.2, -0.15) is 0 Å². The van der Waals surface area contributed by atoms with Crippen molar-refractivity contribution in [1.29, 1.82) is 0 Å². The van der Waals surface area contributed by atoms with Crippen LogP contribution in [0.1, 0.15) is 38.7 Å². The highest BCUT2D eigenvalue weighted by atomic mass is 32.2. The van der Waals surface area contributed by atoms with Crippen molar-refractivity contribution in [3.63, 3.8) is 0 Å². The van der Waals surface area contributed by atoms with E-state index in [2.05, 4.69) is 0 Å². The van der Waals surface area contributed by atoms with E-state index in [1.807, 2.05) is 13.8 Å². The van der Waals surface area contributed by atoms with E-state index in [0.29, 0.717) is 6.42 Å². The first kappa shape index (κ1) is 15.7. The van der Waals surface area contributed by atoms with Crippen molar-refractivity contribution in [2.75, 3.05) is 6.54 Å². The molecule has 19 heavy (non-hydrogen) atoms. The number of sulfonamides is 1. The molecular formula is C14H21NO3S. The number of unbranched alkanes of at least 4 members (excludes halogenated alkanes) is 1. The van der Waals surface area contributed by atoms with Gasteiger partial charge in [0.15, 0.2) is 0 Å². The fraction of sp³-hybridized carbons (Fsp3) is 0.500. The van der Waals surface area contributed by atoms with Crippen LogP contribution in [-0.4, -0.2) is 25.2 Å². The Balaban J connectivity index is 3.11. The Labute approximate surface area is 115 Å². The first-order chi connectivity index (χ1) is 8.93. The number of rotatable bonds is 6. The normalized spacial score (nSPS) is 11.3. The predicted molar refractivity (Wildman–Crippen MR) is 75.3 cm³/mol. The molecule has 0 aliphatic carbocycles. The summed E-state index contributed by atoms with van der Waals surface area (Å²) in [4.78, 5) is 12.0. The molecule has 0 heterocycles. The number of aryl methyl sites for hydroxylation is 1. The maximum absolute atomic E-state index is 12.5. The molecule has 106 valence electrons. The highest BCUT2D eigenvalue weighted by Crippen LogP contribution is 2.18. The van der Waals surface area contributed by atoms with E-state index in [-0.39, 0.29) is 23.8 Å². The number of amides is 1. The molecule has 4 nitrogen and oxygen atoms in total. The molecule has 0 aromatic heterocycles. The smallest absolute Gasteiger partial charge is 0.266 e. The van der Waals surface area contributed by atoms with Crippen molar-refractivity contribution in [1.82, 2.24) is 4.31 Å². The van der Waals surface area contributed by atoms with Crippen LogP contribution in [0.5, 0.6) is 0 Å². The molecule has 0 atom stereocenters. The second-order valence-electron chi connectivity index (χ2n) is 4.49. The summed E-state index contributed by atoms with van der Waals surface area (Å²) >= 11 is 0. The van der Waals surface area contributed by atoms with Crippen molar-refractivity contribution in [3.05, 3.63) is 29.8 Å². The van der Waals surface area contributed by atoms with Gasteiger partial charge in [0.2, 0.25) is 5.91 Å². The Kier molecular flexibility index (Phi) is 5.54. The fourth-order valence-corrected chi connectivity index (χ4v) is 3.20. The third-order valence-electron chi connectivity index (χ3n) is 2.90. The van der Waals surface area contributed by atoms with Gasteiger partial charge in [-0.25, -0.2) is 12.7 Å². The minimum absolute atomic E-state index is 0.177.